The lowest BCUT2D eigenvalue weighted by Gasteiger charge is -2.50. The highest BCUT2D eigenvalue weighted by molar-refractivity contribution is 7.99. The average Bonchev–Trinajstić information content (AvgIpc) is 2.75. The second-order valence-corrected chi connectivity index (χ2v) is 7.43. The van der Waals surface area contributed by atoms with Crippen LogP contribution in [-0.4, -0.2) is 58.8 Å². The van der Waals surface area contributed by atoms with Crippen LogP contribution in [0.1, 0.15) is 26.2 Å². The monoisotopic (exact) mass is 285 g/mol. The van der Waals surface area contributed by atoms with Gasteiger partial charge in [-0.1, -0.05) is 6.92 Å². The Kier molecular flexibility index (Phi) is 3.80. The van der Waals surface area contributed by atoms with E-state index < -0.39 is 5.97 Å². The molecule has 5 heteroatoms. The largest absolute Gasteiger partial charge is 0.481 e. The molecule has 3 fully saturated rings. The second kappa shape index (κ2) is 5.26. The van der Waals surface area contributed by atoms with Gasteiger partial charge in [-0.25, -0.2) is 0 Å². The molecule has 3 saturated heterocycles. The van der Waals surface area contributed by atoms with Crippen molar-refractivity contribution in [2.24, 2.45) is 11.8 Å². The molecule has 0 aromatic carbocycles. The highest BCUT2D eigenvalue weighted by Gasteiger charge is 2.45. The van der Waals surface area contributed by atoms with Gasteiger partial charge in [0.25, 0.3) is 0 Å². The molecular formula is C14H23NO3S. The number of hydrogen-bond donors (Lipinski definition) is 1. The molecule has 3 unspecified atom stereocenters. The van der Waals surface area contributed by atoms with Crippen molar-refractivity contribution < 1.29 is 14.6 Å². The third kappa shape index (κ3) is 2.65. The summed E-state index contributed by atoms with van der Waals surface area (Å²) in [4.78, 5) is 13.5. The van der Waals surface area contributed by atoms with Gasteiger partial charge >= 0.3 is 5.97 Å². The van der Waals surface area contributed by atoms with Crippen LogP contribution in [0.5, 0.6) is 0 Å². The summed E-state index contributed by atoms with van der Waals surface area (Å²) < 4.78 is 6.05. The zero-order valence-electron chi connectivity index (χ0n) is 11.5. The number of aliphatic carboxylic acids is 1. The summed E-state index contributed by atoms with van der Waals surface area (Å²) in [5.41, 5.74) is 0.136. The van der Waals surface area contributed by atoms with E-state index in [2.05, 4.69) is 4.90 Å². The summed E-state index contributed by atoms with van der Waals surface area (Å²) in [6.45, 7) is 4.63. The first-order chi connectivity index (χ1) is 9.10. The Balaban J connectivity index is 1.53. The minimum Gasteiger partial charge on any atom is -0.481 e. The van der Waals surface area contributed by atoms with Gasteiger partial charge in [0.05, 0.1) is 11.5 Å². The first-order valence-electron chi connectivity index (χ1n) is 7.28. The summed E-state index contributed by atoms with van der Waals surface area (Å²) in [6, 6.07) is 0.615. The maximum Gasteiger partial charge on any atom is 0.306 e. The Morgan fingerprint density at radius 3 is 2.95 bits per heavy atom. The molecule has 3 rings (SSSR count). The predicted molar refractivity (Wildman–Crippen MR) is 75.5 cm³/mol. The number of carbonyl (C=O) groups is 1. The predicted octanol–water partition coefficient (Wildman–Crippen LogP) is 1.69. The van der Waals surface area contributed by atoms with Gasteiger partial charge in [0, 0.05) is 31.5 Å². The van der Waals surface area contributed by atoms with Crippen LogP contribution in [-0.2, 0) is 9.53 Å². The Morgan fingerprint density at radius 1 is 1.53 bits per heavy atom. The molecule has 3 atom stereocenters. The summed E-state index contributed by atoms with van der Waals surface area (Å²) in [6.07, 6.45) is 3.45. The van der Waals surface area contributed by atoms with E-state index in [9.17, 15) is 4.79 Å². The van der Waals surface area contributed by atoms with Gasteiger partial charge in [0.2, 0.25) is 0 Å². The van der Waals surface area contributed by atoms with Crippen molar-refractivity contribution in [3.63, 3.8) is 0 Å². The van der Waals surface area contributed by atoms with Crippen LogP contribution in [0.3, 0.4) is 0 Å². The molecule has 19 heavy (non-hydrogen) atoms. The molecule has 3 aliphatic rings. The summed E-state index contributed by atoms with van der Waals surface area (Å²) in [5, 5.41) is 9.04. The Hall–Kier alpha value is -0.260. The van der Waals surface area contributed by atoms with Gasteiger partial charge in [0.15, 0.2) is 0 Å². The van der Waals surface area contributed by atoms with E-state index in [1.165, 1.54) is 12.2 Å². The van der Waals surface area contributed by atoms with Crippen molar-refractivity contribution >= 4 is 17.7 Å². The number of likely N-dealkylation sites (tertiary alicyclic amines) is 1. The van der Waals surface area contributed by atoms with Crippen LogP contribution in [0.25, 0.3) is 0 Å². The fraction of sp³-hybridized carbons (Fsp3) is 0.929. The van der Waals surface area contributed by atoms with Gasteiger partial charge in [-0.2, -0.15) is 11.8 Å². The van der Waals surface area contributed by atoms with Crippen molar-refractivity contribution in [1.82, 2.24) is 4.90 Å². The lowest BCUT2D eigenvalue weighted by Crippen LogP contribution is -2.58. The first kappa shape index (κ1) is 13.7. The summed E-state index contributed by atoms with van der Waals surface area (Å²) >= 11 is 2.01. The number of nitrogens with zero attached hydrogens (tertiary/aromatic N) is 1. The molecule has 1 N–H and O–H groups in total. The van der Waals surface area contributed by atoms with Crippen LogP contribution in [0.2, 0.25) is 0 Å². The van der Waals surface area contributed by atoms with E-state index in [4.69, 9.17) is 9.84 Å². The number of rotatable bonds is 3. The van der Waals surface area contributed by atoms with Crippen molar-refractivity contribution in [2.75, 3.05) is 31.2 Å². The molecule has 108 valence electrons. The minimum atomic E-state index is -0.653. The zero-order chi connectivity index (χ0) is 13.5. The highest BCUT2D eigenvalue weighted by Crippen LogP contribution is 2.41. The molecule has 0 amide bonds. The second-order valence-electron chi connectivity index (χ2n) is 6.32. The first-order valence-corrected chi connectivity index (χ1v) is 8.44. The number of thioether (sulfide) groups is 1. The normalized spacial score (nSPS) is 38.3. The molecule has 0 saturated carbocycles. The number of carboxylic acids is 1. The molecule has 1 spiro atoms. The van der Waals surface area contributed by atoms with Crippen molar-refractivity contribution in [3.05, 3.63) is 0 Å². The molecule has 0 bridgehead atoms. The van der Waals surface area contributed by atoms with Crippen LogP contribution in [0, 0.1) is 11.8 Å². The fourth-order valence-electron chi connectivity index (χ4n) is 3.54. The van der Waals surface area contributed by atoms with Crippen molar-refractivity contribution in [1.29, 1.82) is 0 Å². The average molecular weight is 285 g/mol. The van der Waals surface area contributed by atoms with Crippen LogP contribution in [0.15, 0.2) is 0 Å². The number of ether oxygens (including phenoxy) is 1. The van der Waals surface area contributed by atoms with Gasteiger partial charge in [0.1, 0.15) is 0 Å². The Morgan fingerprint density at radius 2 is 2.32 bits per heavy atom. The third-order valence-corrected chi connectivity index (χ3v) is 6.31. The van der Waals surface area contributed by atoms with E-state index in [-0.39, 0.29) is 11.5 Å². The molecule has 3 aliphatic heterocycles. The van der Waals surface area contributed by atoms with E-state index in [1.807, 2.05) is 18.7 Å². The Labute approximate surface area is 118 Å². The lowest BCUT2D eigenvalue weighted by atomic mass is 9.82. The molecule has 3 heterocycles. The van der Waals surface area contributed by atoms with Gasteiger partial charge < -0.3 is 9.84 Å². The SMILES string of the molecule is CC(C(=O)O)C1CN(C2CCOC3(CCSC3)C2)C1. The third-order valence-electron chi connectivity index (χ3n) is 5.09. The molecular weight excluding hydrogens is 262 g/mol. The van der Waals surface area contributed by atoms with Crippen molar-refractivity contribution in [3.8, 4) is 0 Å². The van der Waals surface area contributed by atoms with Gasteiger partial charge in [-0.3, -0.25) is 9.69 Å². The quantitative estimate of drug-likeness (QED) is 0.855. The molecule has 0 aromatic rings. The van der Waals surface area contributed by atoms with E-state index >= 15 is 0 Å². The fourth-order valence-corrected chi connectivity index (χ4v) is 4.92. The van der Waals surface area contributed by atoms with E-state index in [0.717, 1.165) is 38.3 Å². The standard InChI is InChI=1S/C14H23NO3S/c1-10(13(16)17)11-7-15(8-11)12-2-4-18-14(6-12)3-5-19-9-14/h10-12H,2-9H2,1H3,(H,16,17). The zero-order valence-corrected chi connectivity index (χ0v) is 12.3. The van der Waals surface area contributed by atoms with Crippen LogP contribution < -0.4 is 0 Å². The van der Waals surface area contributed by atoms with E-state index in [0.29, 0.717) is 12.0 Å². The maximum atomic E-state index is 11.0. The van der Waals surface area contributed by atoms with E-state index in [1.54, 1.807) is 0 Å². The maximum absolute atomic E-state index is 11.0. The molecule has 0 aromatic heterocycles. The smallest absolute Gasteiger partial charge is 0.306 e. The summed E-state index contributed by atoms with van der Waals surface area (Å²) in [7, 11) is 0. The highest BCUT2D eigenvalue weighted by atomic mass is 32.2. The van der Waals surface area contributed by atoms with Crippen LogP contribution in [0.4, 0.5) is 0 Å². The lowest BCUT2D eigenvalue weighted by molar-refractivity contribution is -0.148. The minimum absolute atomic E-state index is 0.136. The topological polar surface area (TPSA) is 49.8 Å². The molecule has 0 aliphatic carbocycles. The van der Waals surface area contributed by atoms with Crippen LogP contribution >= 0.6 is 11.8 Å². The molecule has 0 radical (unpaired) electrons. The number of hydrogen-bond acceptors (Lipinski definition) is 4. The van der Waals surface area contributed by atoms with Crippen molar-refractivity contribution in [2.45, 2.75) is 37.8 Å². The molecule has 4 nitrogen and oxygen atoms in total. The summed E-state index contributed by atoms with van der Waals surface area (Å²) in [5.74, 6) is 1.86. The Bertz CT molecular complexity index is 351. The van der Waals surface area contributed by atoms with Gasteiger partial charge in [-0.05, 0) is 30.9 Å². The van der Waals surface area contributed by atoms with Gasteiger partial charge in [-0.15, -0.1) is 0 Å². The number of carboxylic acid groups (broad SMARTS) is 1.